The van der Waals surface area contributed by atoms with Crippen molar-refractivity contribution in [2.45, 2.75) is 12.8 Å². The second-order valence-electron chi connectivity index (χ2n) is 4.91. The van der Waals surface area contributed by atoms with Crippen molar-refractivity contribution in [3.05, 3.63) is 24.3 Å². The van der Waals surface area contributed by atoms with Crippen LogP contribution in [0.2, 0.25) is 0 Å². The molecule has 0 saturated carbocycles. The number of hydrogen-bond acceptors (Lipinski definition) is 4. The van der Waals surface area contributed by atoms with E-state index in [1.165, 1.54) is 0 Å². The highest BCUT2D eigenvalue weighted by atomic mass is 16.5. The van der Waals surface area contributed by atoms with Gasteiger partial charge in [0.2, 0.25) is 11.8 Å². The van der Waals surface area contributed by atoms with Gasteiger partial charge in [-0.15, -0.1) is 0 Å². The zero-order chi connectivity index (χ0) is 15.1. The van der Waals surface area contributed by atoms with Crippen molar-refractivity contribution in [1.29, 1.82) is 0 Å². The first-order valence-electron chi connectivity index (χ1n) is 7.10. The van der Waals surface area contributed by atoms with Gasteiger partial charge in [0.25, 0.3) is 0 Å². The molecule has 0 radical (unpaired) electrons. The summed E-state index contributed by atoms with van der Waals surface area (Å²) in [4.78, 5) is 25.1. The van der Waals surface area contributed by atoms with Gasteiger partial charge < -0.3 is 20.3 Å². The van der Waals surface area contributed by atoms with Crippen molar-refractivity contribution in [3.8, 4) is 0 Å². The maximum atomic E-state index is 11.7. The Bertz CT molecular complexity index is 487. The zero-order valence-electron chi connectivity index (χ0n) is 12.2. The number of nitrogens with zero attached hydrogens (tertiary/aromatic N) is 1. The molecule has 2 amide bonds. The van der Waals surface area contributed by atoms with Gasteiger partial charge in [0, 0.05) is 38.0 Å². The van der Waals surface area contributed by atoms with Crippen LogP contribution in [0, 0.1) is 0 Å². The van der Waals surface area contributed by atoms with E-state index in [9.17, 15) is 9.59 Å². The van der Waals surface area contributed by atoms with Crippen LogP contribution in [0.25, 0.3) is 0 Å². The fraction of sp³-hybridized carbons (Fsp3) is 0.467. The van der Waals surface area contributed by atoms with Crippen LogP contribution in [0.5, 0.6) is 0 Å². The summed E-state index contributed by atoms with van der Waals surface area (Å²) in [6, 6.07) is 7.34. The van der Waals surface area contributed by atoms with Crippen LogP contribution in [0.1, 0.15) is 12.8 Å². The van der Waals surface area contributed by atoms with Crippen molar-refractivity contribution < 1.29 is 14.3 Å². The van der Waals surface area contributed by atoms with E-state index in [4.69, 9.17) is 4.74 Å². The maximum Gasteiger partial charge on any atom is 0.238 e. The van der Waals surface area contributed by atoms with Crippen LogP contribution in [0.15, 0.2) is 24.3 Å². The predicted octanol–water partition coefficient (Wildman–Crippen LogP) is 0.988. The highest BCUT2D eigenvalue weighted by Gasteiger charge is 2.21. The lowest BCUT2D eigenvalue weighted by molar-refractivity contribution is -0.117. The smallest absolute Gasteiger partial charge is 0.238 e. The van der Waals surface area contributed by atoms with Gasteiger partial charge in [-0.3, -0.25) is 9.59 Å². The Kier molecular flexibility index (Phi) is 5.71. The maximum absolute atomic E-state index is 11.7. The van der Waals surface area contributed by atoms with E-state index in [1.807, 2.05) is 24.3 Å². The number of carbonyl (C=O) groups excluding carboxylic acids is 2. The minimum Gasteiger partial charge on any atom is -0.383 e. The molecule has 1 aliphatic heterocycles. The van der Waals surface area contributed by atoms with Crippen molar-refractivity contribution >= 4 is 23.2 Å². The predicted molar refractivity (Wildman–Crippen MR) is 81.4 cm³/mol. The Morgan fingerprint density at radius 2 is 2.10 bits per heavy atom. The molecule has 0 spiro atoms. The first kappa shape index (κ1) is 15.5. The molecule has 6 nitrogen and oxygen atoms in total. The van der Waals surface area contributed by atoms with Crippen LogP contribution in [0.4, 0.5) is 11.4 Å². The molecule has 1 fully saturated rings. The summed E-state index contributed by atoms with van der Waals surface area (Å²) < 4.78 is 4.89. The summed E-state index contributed by atoms with van der Waals surface area (Å²) in [7, 11) is 1.62. The number of nitrogens with one attached hydrogen (secondary N) is 2. The second kappa shape index (κ2) is 7.75. The Morgan fingerprint density at radius 1 is 1.33 bits per heavy atom. The topological polar surface area (TPSA) is 70.7 Å². The van der Waals surface area contributed by atoms with Gasteiger partial charge in [0.1, 0.15) is 0 Å². The third kappa shape index (κ3) is 4.54. The molecule has 1 aromatic rings. The number of benzene rings is 1. The highest BCUT2D eigenvalue weighted by Crippen LogP contribution is 2.22. The number of hydrogen-bond donors (Lipinski definition) is 2. The van der Waals surface area contributed by atoms with E-state index in [0.717, 1.165) is 24.3 Å². The van der Waals surface area contributed by atoms with Crippen LogP contribution in [-0.4, -0.2) is 45.2 Å². The number of carbonyl (C=O) groups is 2. The Hall–Kier alpha value is -1.92. The molecule has 1 heterocycles. The molecule has 0 aliphatic carbocycles. The molecule has 1 aromatic carbocycles. The van der Waals surface area contributed by atoms with Crippen molar-refractivity contribution in [1.82, 2.24) is 5.32 Å². The normalized spacial score (nSPS) is 14.5. The molecular formula is C15H21N3O3. The number of amides is 2. The molecule has 114 valence electrons. The molecule has 21 heavy (non-hydrogen) atoms. The molecular weight excluding hydrogens is 270 g/mol. The minimum atomic E-state index is -0.101. The fourth-order valence-electron chi connectivity index (χ4n) is 2.23. The number of ether oxygens (including phenoxy) is 1. The van der Waals surface area contributed by atoms with E-state index in [-0.39, 0.29) is 18.4 Å². The molecule has 2 rings (SSSR count). The van der Waals surface area contributed by atoms with Gasteiger partial charge in [-0.2, -0.15) is 0 Å². The second-order valence-corrected chi connectivity index (χ2v) is 4.91. The summed E-state index contributed by atoms with van der Waals surface area (Å²) >= 11 is 0. The average Bonchev–Trinajstić information content (AvgIpc) is 2.91. The van der Waals surface area contributed by atoms with Crippen LogP contribution >= 0.6 is 0 Å². The lowest BCUT2D eigenvalue weighted by atomic mass is 10.2. The standard InChI is InChI=1S/C15H21N3O3/c1-21-10-8-16-11-14(19)17-12-4-6-13(7-5-12)18-9-2-3-15(18)20/h4-7,16H,2-3,8-11H2,1H3,(H,17,19). The lowest BCUT2D eigenvalue weighted by Gasteiger charge is -2.16. The van der Waals surface area contributed by atoms with E-state index in [2.05, 4.69) is 10.6 Å². The quantitative estimate of drug-likeness (QED) is 0.735. The van der Waals surface area contributed by atoms with E-state index in [1.54, 1.807) is 12.0 Å². The van der Waals surface area contributed by atoms with Crippen LogP contribution in [-0.2, 0) is 14.3 Å². The molecule has 1 aliphatic rings. The monoisotopic (exact) mass is 291 g/mol. The highest BCUT2D eigenvalue weighted by molar-refractivity contribution is 5.96. The van der Waals surface area contributed by atoms with Crippen LogP contribution in [0.3, 0.4) is 0 Å². The summed E-state index contributed by atoms with van der Waals surface area (Å²) in [5.74, 6) is 0.0604. The van der Waals surface area contributed by atoms with E-state index >= 15 is 0 Å². The van der Waals surface area contributed by atoms with Gasteiger partial charge >= 0.3 is 0 Å². The van der Waals surface area contributed by atoms with E-state index < -0.39 is 0 Å². The molecule has 0 atom stereocenters. The fourth-order valence-corrected chi connectivity index (χ4v) is 2.23. The van der Waals surface area contributed by atoms with E-state index in [0.29, 0.717) is 19.6 Å². The summed E-state index contributed by atoms with van der Waals surface area (Å²) in [5.41, 5.74) is 1.61. The Labute approximate surface area is 124 Å². The molecule has 6 heteroatoms. The zero-order valence-corrected chi connectivity index (χ0v) is 12.2. The van der Waals surface area contributed by atoms with Crippen molar-refractivity contribution in [2.24, 2.45) is 0 Å². The minimum absolute atomic E-state index is 0.101. The van der Waals surface area contributed by atoms with Crippen molar-refractivity contribution in [3.63, 3.8) is 0 Å². The summed E-state index contributed by atoms with van der Waals surface area (Å²) in [6.07, 6.45) is 1.52. The summed E-state index contributed by atoms with van der Waals surface area (Å²) in [6.45, 7) is 2.23. The molecule has 2 N–H and O–H groups in total. The Balaban J connectivity index is 1.82. The third-order valence-corrected chi connectivity index (χ3v) is 3.30. The molecule has 0 aromatic heterocycles. The average molecular weight is 291 g/mol. The van der Waals surface area contributed by atoms with Gasteiger partial charge in [-0.05, 0) is 30.7 Å². The van der Waals surface area contributed by atoms with Gasteiger partial charge in [-0.25, -0.2) is 0 Å². The number of anilines is 2. The third-order valence-electron chi connectivity index (χ3n) is 3.30. The number of rotatable bonds is 7. The largest absolute Gasteiger partial charge is 0.383 e. The SMILES string of the molecule is COCCNCC(=O)Nc1ccc(N2CCCC2=O)cc1. The molecule has 0 unspecified atom stereocenters. The molecule has 0 bridgehead atoms. The summed E-state index contributed by atoms with van der Waals surface area (Å²) in [5, 5.41) is 5.78. The molecule has 1 saturated heterocycles. The van der Waals surface area contributed by atoms with Crippen molar-refractivity contribution in [2.75, 3.05) is 43.6 Å². The van der Waals surface area contributed by atoms with Gasteiger partial charge in [0.05, 0.1) is 13.2 Å². The first-order valence-corrected chi connectivity index (χ1v) is 7.10. The first-order chi connectivity index (χ1) is 10.2. The Morgan fingerprint density at radius 3 is 2.71 bits per heavy atom. The lowest BCUT2D eigenvalue weighted by Crippen LogP contribution is -2.30. The van der Waals surface area contributed by atoms with Crippen LogP contribution < -0.4 is 15.5 Å². The number of methoxy groups -OCH3 is 1. The van der Waals surface area contributed by atoms with Gasteiger partial charge in [-0.1, -0.05) is 0 Å². The van der Waals surface area contributed by atoms with Gasteiger partial charge in [0.15, 0.2) is 0 Å².